The second kappa shape index (κ2) is 6.76. The van der Waals surface area contributed by atoms with Crippen molar-refractivity contribution in [3.05, 3.63) is 23.8 Å². The van der Waals surface area contributed by atoms with Gasteiger partial charge in [0, 0.05) is 25.1 Å². The number of aliphatic hydroxyl groups is 1. The lowest BCUT2D eigenvalue weighted by Gasteiger charge is -2.38. The maximum Gasteiger partial charge on any atom is 0.220 e. The second-order valence-electron chi connectivity index (χ2n) is 6.48. The SMILES string of the molecule is NC(=O)CC1(O)CCCN(Cc2cccc3c2OCCCO3)C1. The minimum absolute atomic E-state index is 0.00993. The van der Waals surface area contributed by atoms with Crippen molar-refractivity contribution >= 4 is 5.91 Å². The molecule has 0 radical (unpaired) electrons. The van der Waals surface area contributed by atoms with E-state index >= 15 is 0 Å². The lowest BCUT2D eigenvalue weighted by Crippen LogP contribution is -2.49. The van der Waals surface area contributed by atoms with Gasteiger partial charge in [0.2, 0.25) is 5.91 Å². The minimum Gasteiger partial charge on any atom is -0.490 e. The standard InChI is InChI=1S/C17H24N2O4/c18-15(20)10-17(21)6-2-7-19(12-17)11-13-4-1-5-14-16(13)23-9-3-8-22-14/h1,4-5,21H,2-3,6-12H2,(H2,18,20). The quantitative estimate of drug-likeness (QED) is 0.866. The monoisotopic (exact) mass is 320 g/mol. The Labute approximate surface area is 136 Å². The van der Waals surface area contributed by atoms with E-state index in [1.807, 2.05) is 18.2 Å². The maximum absolute atomic E-state index is 11.2. The Bertz CT molecular complexity index is 578. The Morgan fingerprint density at radius 2 is 2.13 bits per heavy atom. The minimum atomic E-state index is -1.02. The van der Waals surface area contributed by atoms with Gasteiger partial charge in [0.15, 0.2) is 11.5 Å². The van der Waals surface area contributed by atoms with Crippen molar-refractivity contribution in [3.8, 4) is 11.5 Å². The Morgan fingerprint density at radius 1 is 1.30 bits per heavy atom. The molecule has 1 saturated heterocycles. The third kappa shape index (κ3) is 3.95. The zero-order valence-electron chi connectivity index (χ0n) is 13.3. The average molecular weight is 320 g/mol. The van der Waals surface area contributed by atoms with Crippen molar-refractivity contribution in [1.82, 2.24) is 4.90 Å². The third-order valence-corrected chi connectivity index (χ3v) is 4.38. The smallest absolute Gasteiger partial charge is 0.220 e. The first-order valence-corrected chi connectivity index (χ1v) is 8.16. The van der Waals surface area contributed by atoms with Crippen LogP contribution in [0.4, 0.5) is 0 Å². The van der Waals surface area contributed by atoms with E-state index in [4.69, 9.17) is 15.2 Å². The van der Waals surface area contributed by atoms with Crippen molar-refractivity contribution in [2.45, 2.75) is 37.8 Å². The zero-order valence-corrected chi connectivity index (χ0v) is 13.3. The Hall–Kier alpha value is -1.79. The van der Waals surface area contributed by atoms with Gasteiger partial charge < -0.3 is 20.3 Å². The molecule has 3 rings (SSSR count). The van der Waals surface area contributed by atoms with Gasteiger partial charge in [-0.15, -0.1) is 0 Å². The van der Waals surface area contributed by atoms with Gasteiger partial charge in [0.05, 0.1) is 25.2 Å². The van der Waals surface area contributed by atoms with Crippen LogP contribution in [-0.2, 0) is 11.3 Å². The highest BCUT2D eigenvalue weighted by molar-refractivity contribution is 5.75. The number of benzene rings is 1. The first kappa shape index (κ1) is 16.1. The summed E-state index contributed by atoms with van der Waals surface area (Å²) in [6, 6.07) is 5.90. The summed E-state index contributed by atoms with van der Waals surface area (Å²) in [5.74, 6) is 1.12. The summed E-state index contributed by atoms with van der Waals surface area (Å²) in [5.41, 5.74) is 5.29. The number of amides is 1. The van der Waals surface area contributed by atoms with E-state index in [-0.39, 0.29) is 6.42 Å². The van der Waals surface area contributed by atoms with Crippen LogP contribution in [0.15, 0.2) is 18.2 Å². The third-order valence-electron chi connectivity index (χ3n) is 4.38. The summed E-state index contributed by atoms with van der Waals surface area (Å²) in [6.45, 7) is 3.30. The number of β-amino-alcohol motifs (C(OH)–C–C–N with tert-alkyl or cyclic N) is 1. The molecule has 23 heavy (non-hydrogen) atoms. The fraction of sp³-hybridized carbons (Fsp3) is 0.588. The number of carbonyl (C=O) groups excluding carboxylic acids is 1. The fourth-order valence-electron chi connectivity index (χ4n) is 3.43. The molecule has 2 aliphatic heterocycles. The van der Waals surface area contributed by atoms with Crippen LogP contribution in [0.5, 0.6) is 11.5 Å². The van der Waals surface area contributed by atoms with Gasteiger partial charge in [-0.3, -0.25) is 9.69 Å². The van der Waals surface area contributed by atoms with Gasteiger partial charge >= 0.3 is 0 Å². The number of nitrogens with zero attached hydrogens (tertiary/aromatic N) is 1. The Kier molecular flexibility index (Phi) is 4.73. The molecular weight excluding hydrogens is 296 g/mol. The number of fused-ring (bicyclic) bond motifs is 1. The molecule has 1 fully saturated rings. The van der Waals surface area contributed by atoms with E-state index in [2.05, 4.69) is 4.90 Å². The number of rotatable bonds is 4. The summed E-state index contributed by atoms with van der Waals surface area (Å²) in [4.78, 5) is 13.3. The van der Waals surface area contributed by atoms with Crippen molar-refractivity contribution in [2.24, 2.45) is 5.73 Å². The number of carbonyl (C=O) groups is 1. The van der Waals surface area contributed by atoms with Crippen LogP contribution >= 0.6 is 0 Å². The first-order valence-electron chi connectivity index (χ1n) is 8.16. The molecule has 1 amide bonds. The summed E-state index contributed by atoms with van der Waals surface area (Å²) >= 11 is 0. The molecule has 0 saturated carbocycles. The molecule has 126 valence electrons. The molecule has 2 heterocycles. The summed E-state index contributed by atoms with van der Waals surface area (Å²) in [7, 11) is 0. The van der Waals surface area contributed by atoms with E-state index in [1.165, 1.54) is 0 Å². The van der Waals surface area contributed by atoms with Crippen LogP contribution in [0.2, 0.25) is 0 Å². The number of primary amides is 1. The van der Waals surface area contributed by atoms with Crippen molar-refractivity contribution < 1.29 is 19.4 Å². The fourth-order valence-corrected chi connectivity index (χ4v) is 3.43. The highest BCUT2D eigenvalue weighted by Crippen LogP contribution is 2.35. The molecular formula is C17H24N2O4. The number of piperidine rings is 1. The normalized spacial score (nSPS) is 24.9. The Balaban J connectivity index is 1.73. The average Bonchev–Trinajstić information content (AvgIpc) is 2.72. The summed E-state index contributed by atoms with van der Waals surface area (Å²) in [5, 5.41) is 10.6. The molecule has 3 N–H and O–H groups in total. The van der Waals surface area contributed by atoms with Crippen LogP contribution < -0.4 is 15.2 Å². The molecule has 6 nitrogen and oxygen atoms in total. The van der Waals surface area contributed by atoms with Crippen LogP contribution in [0.3, 0.4) is 0 Å². The summed E-state index contributed by atoms with van der Waals surface area (Å²) < 4.78 is 11.6. The van der Waals surface area contributed by atoms with E-state index in [9.17, 15) is 9.90 Å². The highest BCUT2D eigenvalue weighted by atomic mass is 16.5. The first-order chi connectivity index (χ1) is 11.1. The van der Waals surface area contributed by atoms with E-state index in [0.717, 1.165) is 36.4 Å². The predicted molar refractivity (Wildman–Crippen MR) is 85.3 cm³/mol. The molecule has 1 unspecified atom stereocenters. The lowest BCUT2D eigenvalue weighted by molar-refractivity contribution is -0.125. The molecule has 2 aliphatic rings. The molecule has 0 bridgehead atoms. The Morgan fingerprint density at radius 3 is 2.96 bits per heavy atom. The van der Waals surface area contributed by atoms with E-state index < -0.39 is 11.5 Å². The predicted octanol–water partition coefficient (Wildman–Crippen LogP) is 1.05. The van der Waals surface area contributed by atoms with Gasteiger partial charge in [-0.2, -0.15) is 0 Å². The zero-order chi connectivity index (χ0) is 16.3. The largest absolute Gasteiger partial charge is 0.490 e. The lowest BCUT2D eigenvalue weighted by atomic mass is 9.89. The van der Waals surface area contributed by atoms with E-state index in [0.29, 0.717) is 32.7 Å². The van der Waals surface area contributed by atoms with Gasteiger partial charge in [-0.05, 0) is 25.5 Å². The van der Waals surface area contributed by atoms with Crippen molar-refractivity contribution in [1.29, 1.82) is 0 Å². The molecule has 0 aliphatic carbocycles. The maximum atomic E-state index is 11.2. The van der Waals surface area contributed by atoms with Gasteiger partial charge in [-0.1, -0.05) is 12.1 Å². The van der Waals surface area contributed by atoms with Crippen LogP contribution in [0.1, 0.15) is 31.2 Å². The van der Waals surface area contributed by atoms with Crippen LogP contribution in [-0.4, -0.2) is 47.8 Å². The molecule has 0 spiro atoms. The molecule has 6 heteroatoms. The topological polar surface area (TPSA) is 85.0 Å². The van der Waals surface area contributed by atoms with Crippen molar-refractivity contribution in [3.63, 3.8) is 0 Å². The van der Waals surface area contributed by atoms with Gasteiger partial charge in [0.25, 0.3) is 0 Å². The summed E-state index contributed by atoms with van der Waals surface area (Å²) in [6.07, 6.45) is 2.33. The molecule has 1 aromatic carbocycles. The second-order valence-corrected chi connectivity index (χ2v) is 6.48. The van der Waals surface area contributed by atoms with E-state index in [1.54, 1.807) is 0 Å². The number of hydrogen-bond acceptors (Lipinski definition) is 5. The number of para-hydroxylation sites is 1. The molecule has 1 aromatic rings. The number of nitrogens with two attached hydrogens (primary N) is 1. The van der Waals surface area contributed by atoms with Crippen LogP contribution in [0, 0.1) is 0 Å². The number of hydrogen-bond donors (Lipinski definition) is 2. The number of ether oxygens (including phenoxy) is 2. The van der Waals surface area contributed by atoms with Crippen molar-refractivity contribution in [2.75, 3.05) is 26.3 Å². The highest BCUT2D eigenvalue weighted by Gasteiger charge is 2.35. The van der Waals surface area contributed by atoms with Gasteiger partial charge in [-0.25, -0.2) is 0 Å². The molecule has 1 atom stereocenters. The van der Waals surface area contributed by atoms with Crippen LogP contribution in [0.25, 0.3) is 0 Å². The molecule has 0 aromatic heterocycles. The van der Waals surface area contributed by atoms with Gasteiger partial charge in [0.1, 0.15) is 0 Å². The number of likely N-dealkylation sites (tertiary alicyclic amines) is 1.